The first-order valence-corrected chi connectivity index (χ1v) is 2.20. The summed E-state index contributed by atoms with van der Waals surface area (Å²) in [6, 6.07) is -0.106. The van der Waals surface area contributed by atoms with Crippen LogP contribution in [-0.4, -0.2) is 12.0 Å². The summed E-state index contributed by atoms with van der Waals surface area (Å²) in [6.45, 7) is 3.15. The minimum Gasteiger partial charge on any atom is -0.446 e. The SMILES string of the molecule is C=CC(=O)OCCl.[Cr]. The third-order valence-electron chi connectivity index (χ3n) is 0.363. The van der Waals surface area contributed by atoms with Gasteiger partial charge in [-0.15, -0.1) is 0 Å². The molecule has 0 N–H and O–H groups in total. The Morgan fingerprint density at radius 3 is 2.50 bits per heavy atom. The minimum absolute atomic E-state index is 0. The molecule has 0 amide bonds. The van der Waals surface area contributed by atoms with E-state index in [1.165, 1.54) is 0 Å². The van der Waals surface area contributed by atoms with E-state index in [0.717, 1.165) is 6.08 Å². The fourth-order valence-electron chi connectivity index (χ4n) is 0.113. The number of alkyl halides is 1. The molecule has 0 aliphatic carbocycles. The van der Waals surface area contributed by atoms with Crippen molar-refractivity contribution in [2.75, 3.05) is 6.07 Å². The first kappa shape index (κ1) is 10.9. The van der Waals surface area contributed by atoms with Crippen molar-refractivity contribution in [1.82, 2.24) is 0 Å². The molecule has 0 bridgehead atoms. The van der Waals surface area contributed by atoms with Crippen LogP contribution in [0, 0.1) is 0 Å². The molecule has 2 nitrogen and oxygen atoms in total. The van der Waals surface area contributed by atoms with Crippen molar-refractivity contribution in [2.24, 2.45) is 0 Å². The molecule has 0 aromatic carbocycles. The molecule has 0 heterocycles. The van der Waals surface area contributed by atoms with E-state index in [0.29, 0.717) is 0 Å². The van der Waals surface area contributed by atoms with Crippen LogP contribution in [0.5, 0.6) is 0 Å². The molecule has 0 aromatic heterocycles. The molecule has 0 fully saturated rings. The predicted octanol–water partition coefficient (Wildman–Crippen LogP) is 0.909. The average Bonchev–Trinajstić information content (AvgIpc) is 1.68. The maximum Gasteiger partial charge on any atom is 0.331 e. The van der Waals surface area contributed by atoms with E-state index >= 15 is 0 Å². The van der Waals surface area contributed by atoms with E-state index in [-0.39, 0.29) is 23.4 Å². The third kappa shape index (κ3) is 6.03. The van der Waals surface area contributed by atoms with Gasteiger partial charge in [0, 0.05) is 23.4 Å². The van der Waals surface area contributed by atoms with Crippen molar-refractivity contribution >= 4 is 17.6 Å². The number of esters is 1. The second kappa shape index (κ2) is 7.03. The van der Waals surface area contributed by atoms with Crippen molar-refractivity contribution < 1.29 is 26.9 Å². The summed E-state index contributed by atoms with van der Waals surface area (Å²) < 4.78 is 4.20. The van der Waals surface area contributed by atoms with E-state index in [2.05, 4.69) is 11.3 Å². The van der Waals surface area contributed by atoms with Crippen LogP contribution in [0.1, 0.15) is 0 Å². The third-order valence-corrected chi connectivity index (χ3v) is 0.473. The summed E-state index contributed by atoms with van der Waals surface area (Å²) in [5, 5.41) is 0. The number of ether oxygens (including phenoxy) is 1. The zero-order chi connectivity index (χ0) is 5.70. The topological polar surface area (TPSA) is 26.3 Å². The van der Waals surface area contributed by atoms with Crippen LogP contribution < -0.4 is 0 Å². The minimum atomic E-state index is -0.491. The zero-order valence-corrected chi connectivity index (χ0v) is 6.13. The molecular weight excluding hydrogens is 167 g/mol. The summed E-state index contributed by atoms with van der Waals surface area (Å²) in [5.74, 6) is -0.491. The van der Waals surface area contributed by atoms with Crippen molar-refractivity contribution in [3.8, 4) is 0 Å². The molecule has 0 aromatic rings. The first-order chi connectivity index (χ1) is 3.31. The molecule has 0 aliphatic heterocycles. The predicted molar refractivity (Wildman–Crippen MR) is 27.0 cm³/mol. The Balaban J connectivity index is 0. The fraction of sp³-hybridized carbons (Fsp3) is 0.250. The molecule has 0 radical (unpaired) electrons. The fourth-order valence-corrected chi connectivity index (χ4v) is 0.220. The van der Waals surface area contributed by atoms with Gasteiger partial charge in [-0.3, -0.25) is 0 Å². The summed E-state index contributed by atoms with van der Waals surface area (Å²) in [4.78, 5) is 9.99. The van der Waals surface area contributed by atoms with Crippen LogP contribution in [0.25, 0.3) is 0 Å². The van der Waals surface area contributed by atoms with Crippen LogP contribution in [0.15, 0.2) is 12.7 Å². The number of rotatable bonds is 2. The molecular formula is C4H5ClCrO2. The van der Waals surface area contributed by atoms with Crippen molar-refractivity contribution in [3.63, 3.8) is 0 Å². The second-order valence-electron chi connectivity index (χ2n) is 0.777. The number of carbonyl (C=O) groups excluding carboxylic acids is 1. The van der Waals surface area contributed by atoms with Gasteiger partial charge in [0.2, 0.25) is 0 Å². The molecule has 0 aliphatic rings. The summed E-state index contributed by atoms with van der Waals surface area (Å²) >= 11 is 4.98. The van der Waals surface area contributed by atoms with Crippen molar-refractivity contribution in [1.29, 1.82) is 0 Å². The molecule has 0 saturated carbocycles. The first-order valence-electron chi connectivity index (χ1n) is 1.66. The standard InChI is InChI=1S/C4H5ClO2.Cr/c1-2-4(6)7-3-5;/h2H,1,3H2;. The van der Waals surface area contributed by atoms with Crippen LogP contribution in [0.3, 0.4) is 0 Å². The molecule has 0 spiro atoms. The van der Waals surface area contributed by atoms with Crippen LogP contribution in [-0.2, 0) is 26.9 Å². The molecule has 0 atom stereocenters. The quantitative estimate of drug-likeness (QED) is 0.352. The van der Waals surface area contributed by atoms with E-state index in [1.807, 2.05) is 0 Å². The maximum atomic E-state index is 9.99. The van der Waals surface area contributed by atoms with Gasteiger partial charge in [0.05, 0.1) is 0 Å². The molecule has 4 heteroatoms. The summed E-state index contributed by atoms with van der Waals surface area (Å²) in [6.07, 6.45) is 1.06. The average molecular weight is 173 g/mol. The largest absolute Gasteiger partial charge is 0.446 e. The Labute approximate surface area is 63.6 Å². The van der Waals surface area contributed by atoms with Gasteiger partial charge in [-0.05, 0) is 0 Å². The molecule has 0 saturated heterocycles. The van der Waals surface area contributed by atoms with Crippen molar-refractivity contribution in [3.05, 3.63) is 12.7 Å². The van der Waals surface area contributed by atoms with Gasteiger partial charge < -0.3 is 4.74 Å². The Morgan fingerprint density at radius 1 is 1.88 bits per heavy atom. The van der Waals surface area contributed by atoms with E-state index in [4.69, 9.17) is 11.6 Å². The Kier molecular flexibility index (Phi) is 9.60. The Bertz CT molecular complexity index is 84.1. The maximum absolute atomic E-state index is 9.99. The molecule has 0 rings (SSSR count). The van der Waals surface area contributed by atoms with Gasteiger partial charge in [-0.25, -0.2) is 4.79 Å². The van der Waals surface area contributed by atoms with E-state index in [9.17, 15) is 4.79 Å². The van der Waals surface area contributed by atoms with Gasteiger partial charge in [-0.2, -0.15) is 0 Å². The van der Waals surface area contributed by atoms with Gasteiger partial charge in [-0.1, -0.05) is 18.2 Å². The monoisotopic (exact) mass is 172 g/mol. The van der Waals surface area contributed by atoms with Gasteiger partial charge in [0.25, 0.3) is 0 Å². The number of hydrogen-bond acceptors (Lipinski definition) is 2. The van der Waals surface area contributed by atoms with Crippen LogP contribution in [0.4, 0.5) is 0 Å². The van der Waals surface area contributed by atoms with Gasteiger partial charge >= 0.3 is 5.97 Å². The second-order valence-corrected chi connectivity index (χ2v) is 0.995. The number of halogens is 1. The molecule has 0 unspecified atom stereocenters. The van der Waals surface area contributed by atoms with Gasteiger partial charge in [0.15, 0.2) is 6.07 Å². The Morgan fingerprint density at radius 2 is 2.38 bits per heavy atom. The van der Waals surface area contributed by atoms with Gasteiger partial charge in [0.1, 0.15) is 0 Å². The summed E-state index contributed by atoms with van der Waals surface area (Å²) in [5.41, 5.74) is 0. The zero-order valence-electron chi connectivity index (χ0n) is 4.09. The van der Waals surface area contributed by atoms with Crippen LogP contribution in [0.2, 0.25) is 0 Å². The number of carbonyl (C=O) groups is 1. The smallest absolute Gasteiger partial charge is 0.331 e. The van der Waals surface area contributed by atoms with Crippen LogP contribution >= 0.6 is 11.6 Å². The van der Waals surface area contributed by atoms with Crippen molar-refractivity contribution in [2.45, 2.75) is 0 Å². The summed E-state index contributed by atoms with van der Waals surface area (Å²) in [7, 11) is 0. The Hall–Kier alpha value is 0.0325. The normalized spacial score (nSPS) is 6.62. The molecule has 46 valence electrons. The number of hydrogen-bond donors (Lipinski definition) is 0. The van der Waals surface area contributed by atoms with E-state index in [1.54, 1.807) is 0 Å². The van der Waals surface area contributed by atoms with E-state index < -0.39 is 5.97 Å². The molecule has 8 heavy (non-hydrogen) atoms.